The number of thiophene rings is 1. The fourth-order valence-corrected chi connectivity index (χ4v) is 2.04. The number of nitrogens with one attached hydrogen (secondary N) is 1. The van der Waals surface area contributed by atoms with Crippen LogP contribution in [0.15, 0.2) is 16.8 Å². The van der Waals surface area contributed by atoms with Gasteiger partial charge >= 0.3 is 6.18 Å². The number of ether oxygens (including phenoxy) is 1. The van der Waals surface area contributed by atoms with Gasteiger partial charge in [-0.1, -0.05) is 0 Å². The number of alkyl halides is 3. The number of halogens is 3. The van der Waals surface area contributed by atoms with E-state index in [1.807, 2.05) is 0 Å². The van der Waals surface area contributed by atoms with Crippen LogP contribution in [0.2, 0.25) is 0 Å². The van der Waals surface area contributed by atoms with Gasteiger partial charge < -0.3 is 15.2 Å². The van der Waals surface area contributed by atoms with Crippen LogP contribution in [0.25, 0.3) is 0 Å². The molecule has 1 atom stereocenters. The molecule has 0 aromatic carbocycles. The van der Waals surface area contributed by atoms with Crippen LogP contribution < -0.4 is 5.32 Å². The molecule has 8 heteroatoms. The Balaban J connectivity index is 2.30. The van der Waals surface area contributed by atoms with Gasteiger partial charge in [0, 0.05) is 0 Å². The Morgan fingerprint density at radius 1 is 1.53 bits per heavy atom. The molecule has 2 N–H and O–H groups in total. The highest BCUT2D eigenvalue weighted by Gasteiger charge is 2.28. The van der Waals surface area contributed by atoms with Crippen LogP contribution >= 0.6 is 11.3 Å². The number of hydrogen-bond donors (Lipinski definition) is 2. The van der Waals surface area contributed by atoms with Crippen molar-refractivity contribution in [2.24, 2.45) is 0 Å². The highest BCUT2D eigenvalue weighted by molar-refractivity contribution is 7.08. The molecule has 0 saturated heterocycles. The van der Waals surface area contributed by atoms with Crippen molar-refractivity contribution in [1.29, 1.82) is 0 Å². The Morgan fingerprint density at radius 3 is 2.74 bits per heavy atom. The summed E-state index contributed by atoms with van der Waals surface area (Å²) in [6.07, 6.45) is -4.46. The predicted octanol–water partition coefficient (Wildman–Crippen LogP) is 1.65. The maximum Gasteiger partial charge on any atom is 0.411 e. The minimum absolute atomic E-state index is 0.0993. The van der Waals surface area contributed by atoms with E-state index < -0.39 is 30.9 Å². The van der Waals surface area contributed by atoms with E-state index in [1.165, 1.54) is 18.3 Å². The van der Waals surface area contributed by atoms with E-state index in [2.05, 4.69) is 10.1 Å². The van der Waals surface area contributed by atoms with E-state index in [4.69, 9.17) is 0 Å². The highest BCUT2D eigenvalue weighted by atomic mass is 32.1. The van der Waals surface area contributed by atoms with Crippen LogP contribution in [0.1, 0.15) is 12.5 Å². The van der Waals surface area contributed by atoms with Gasteiger partial charge in [0.05, 0.1) is 6.54 Å². The van der Waals surface area contributed by atoms with Gasteiger partial charge in [-0.3, -0.25) is 4.79 Å². The van der Waals surface area contributed by atoms with Gasteiger partial charge in [-0.05, 0) is 29.3 Å². The first-order chi connectivity index (χ1) is 8.71. The largest absolute Gasteiger partial charge is 0.411 e. The summed E-state index contributed by atoms with van der Waals surface area (Å²) in [4.78, 5) is 11.2. The Bertz CT molecular complexity index is 404. The topological polar surface area (TPSA) is 58.6 Å². The van der Waals surface area contributed by atoms with Gasteiger partial charge in [0.1, 0.15) is 18.8 Å². The van der Waals surface area contributed by atoms with Crippen LogP contribution in [0.3, 0.4) is 0 Å². The van der Waals surface area contributed by atoms with Crippen molar-refractivity contribution in [2.75, 3.05) is 19.8 Å². The molecule has 108 valence electrons. The maximum absolute atomic E-state index is 11.8. The smallest absolute Gasteiger partial charge is 0.384 e. The van der Waals surface area contributed by atoms with E-state index in [1.54, 1.807) is 16.8 Å². The normalized spacial score (nSPS) is 15.0. The lowest BCUT2D eigenvalue weighted by molar-refractivity contribution is -0.175. The average Bonchev–Trinajstić information content (AvgIpc) is 2.78. The van der Waals surface area contributed by atoms with Crippen molar-refractivity contribution >= 4 is 17.2 Å². The fourth-order valence-electron chi connectivity index (χ4n) is 1.25. The molecule has 0 radical (unpaired) electrons. The Kier molecular flexibility index (Phi) is 5.33. The molecule has 1 amide bonds. The van der Waals surface area contributed by atoms with Crippen molar-refractivity contribution < 1.29 is 27.8 Å². The van der Waals surface area contributed by atoms with Crippen molar-refractivity contribution in [2.45, 2.75) is 18.7 Å². The number of carbonyl (C=O) groups excluding carboxylic acids is 1. The predicted molar refractivity (Wildman–Crippen MR) is 63.8 cm³/mol. The van der Waals surface area contributed by atoms with Gasteiger partial charge in [0.25, 0.3) is 0 Å². The molecule has 1 heterocycles. The Hall–Kier alpha value is -1.12. The third-order valence-electron chi connectivity index (χ3n) is 2.27. The van der Waals surface area contributed by atoms with Crippen molar-refractivity contribution in [3.8, 4) is 0 Å². The molecule has 1 rings (SSSR count). The standard InChI is InChI=1S/C11H14F3NO3S/c1-10(17,8-2-3-19-5-8)6-15-9(16)4-18-7-11(12,13)14/h2-3,5,17H,4,6-7H2,1H3,(H,15,16). The van der Waals surface area contributed by atoms with Gasteiger partial charge in [0.15, 0.2) is 0 Å². The number of aliphatic hydroxyl groups is 1. The van der Waals surface area contributed by atoms with Gasteiger partial charge in [-0.15, -0.1) is 0 Å². The summed E-state index contributed by atoms with van der Waals surface area (Å²) in [6, 6.07) is 1.71. The van der Waals surface area contributed by atoms with Gasteiger partial charge in [-0.25, -0.2) is 0 Å². The molecule has 0 spiro atoms. The summed E-state index contributed by atoms with van der Waals surface area (Å²) in [7, 11) is 0. The van der Waals surface area contributed by atoms with Crippen molar-refractivity contribution in [3.63, 3.8) is 0 Å². The molecule has 0 aliphatic rings. The summed E-state index contributed by atoms with van der Waals surface area (Å²) in [5, 5.41) is 15.9. The van der Waals surface area contributed by atoms with E-state index in [9.17, 15) is 23.1 Å². The van der Waals surface area contributed by atoms with Crippen LogP contribution in [-0.2, 0) is 15.1 Å². The molecule has 0 aliphatic carbocycles. The zero-order valence-electron chi connectivity index (χ0n) is 10.2. The molecule has 0 bridgehead atoms. The second kappa shape index (κ2) is 6.36. The molecule has 1 aromatic heterocycles. The number of amides is 1. The molecule has 0 aliphatic heterocycles. The zero-order valence-corrected chi connectivity index (χ0v) is 11.0. The van der Waals surface area contributed by atoms with E-state index in [-0.39, 0.29) is 6.54 Å². The zero-order chi connectivity index (χ0) is 14.5. The van der Waals surface area contributed by atoms with Crippen molar-refractivity contribution in [1.82, 2.24) is 5.32 Å². The molecule has 1 aromatic rings. The van der Waals surface area contributed by atoms with Gasteiger partial charge in [-0.2, -0.15) is 24.5 Å². The third kappa shape index (κ3) is 6.04. The molecular formula is C11H14F3NO3S. The summed E-state index contributed by atoms with van der Waals surface area (Å²) in [5.41, 5.74) is -0.631. The lowest BCUT2D eigenvalue weighted by Crippen LogP contribution is -2.40. The molecule has 0 saturated carbocycles. The summed E-state index contributed by atoms with van der Waals surface area (Å²) in [6.45, 7) is -0.760. The second-order valence-corrected chi connectivity index (χ2v) is 4.95. The molecular weight excluding hydrogens is 283 g/mol. The van der Waals surface area contributed by atoms with Crippen LogP contribution in [0.4, 0.5) is 13.2 Å². The fraction of sp³-hybridized carbons (Fsp3) is 0.545. The van der Waals surface area contributed by atoms with E-state index in [0.717, 1.165) is 0 Å². The summed E-state index contributed by atoms with van der Waals surface area (Å²) in [5.74, 6) is -0.709. The minimum atomic E-state index is -4.46. The quantitative estimate of drug-likeness (QED) is 0.839. The van der Waals surface area contributed by atoms with E-state index in [0.29, 0.717) is 5.56 Å². The third-order valence-corrected chi connectivity index (χ3v) is 2.95. The number of rotatable bonds is 6. The molecule has 1 unspecified atom stereocenters. The first-order valence-electron chi connectivity index (χ1n) is 5.37. The average molecular weight is 297 g/mol. The van der Waals surface area contributed by atoms with Crippen LogP contribution in [-0.4, -0.2) is 36.9 Å². The highest BCUT2D eigenvalue weighted by Crippen LogP contribution is 2.21. The molecule has 4 nitrogen and oxygen atoms in total. The Morgan fingerprint density at radius 2 is 2.21 bits per heavy atom. The molecule has 19 heavy (non-hydrogen) atoms. The lowest BCUT2D eigenvalue weighted by atomic mass is 9.99. The van der Waals surface area contributed by atoms with Crippen LogP contribution in [0.5, 0.6) is 0 Å². The van der Waals surface area contributed by atoms with Crippen LogP contribution in [0, 0.1) is 0 Å². The second-order valence-electron chi connectivity index (χ2n) is 4.17. The first-order valence-corrected chi connectivity index (χ1v) is 6.31. The monoisotopic (exact) mass is 297 g/mol. The van der Waals surface area contributed by atoms with E-state index >= 15 is 0 Å². The maximum atomic E-state index is 11.8. The summed E-state index contributed by atoms with van der Waals surface area (Å²) >= 11 is 1.39. The molecule has 0 fully saturated rings. The minimum Gasteiger partial charge on any atom is -0.384 e. The Labute approximate surface area is 112 Å². The lowest BCUT2D eigenvalue weighted by Gasteiger charge is -2.22. The van der Waals surface area contributed by atoms with Gasteiger partial charge in [0.2, 0.25) is 5.91 Å². The number of hydrogen-bond acceptors (Lipinski definition) is 4. The first kappa shape index (κ1) is 15.9. The van der Waals surface area contributed by atoms with Crippen molar-refractivity contribution in [3.05, 3.63) is 22.4 Å². The SMILES string of the molecule is CC(O)(CNC(=O)COCC(F)(F)F)c1ccsc1. The summed E-state index contributed by atoms with van der Waals surface area (Å²) < 4.78 is 39.5. The number of carbonyl (C=O) groups is 1.